The molecule has 1 aliphatic heterocycles. The Bertz CT molecular complexity index is 1370. The van der Waals surface area contributed by atoms with Crippen LogP contribution in [0, 0.1) is 0 Å². The fourth-order valence-corrected chi connectivity index (χ4v) is 4.03. The van der Waals surface area contributed by atoms with Crippen molar-refractivity contribution in [2.45, 2.75) is 0 Å². The fraction of sp³-hybridized carbons (Fsp3) is 0. The van der Waals surface area contributed by atoms with E-state index in [0.717, 1.165) is 28.4 Å². The van der Waals surface area contributed by atoms with Gasteiger partial charge in [-0.3, -0.25) is 19.7 Å². The summed E-state index contributed by atoms with van der Waals surface area (Å²) >= 11 is 0.889. The molecule has 1 saturated heterocycles. The molecule has 6 nitrogen and oxygen atoms in total. The molecule has 31 heavy (non-hydrogen) atoms. The van der Waals surface area contributed by atoms with E-state index >= 15 is 0 Å². The summed E-state index contributed by atoms with van der Waals surface area (Å²) in [5.74, 6) is 0.260. The molecule has 0 saturated carbocycles. The predicted octanol–water partition coefficient (Wildman–Crippen LogP) is 4.78. The number of nitrogens with one attached hydrogen (secondary N) is 2. The van der Waals surface area contributed by atoms with Crippen LogP contribution in [0.4, 0.5) is 4.79 Å². The Morgan fingerprint density at radius 2 is 1.68 bits per heavy atom. The fourth-order valence-electron chi connectivity index (χ4n) is 3.35. The van der Waals surface area contributed by atoms with E-state index in [-0.39, 0.29) is 16.9 Å². The summed E-state index contributed by atoms with van der Waals surface area (Å²) in [5, 5.41) is 1.88. The van der Waals surface area contributed by atoms with E-state index in [4.69, 9.17) is 0 Å². The van der Waals surface area contributed by atoms with Gasteiger partial charge >= 0.3 is 0 Å². The van der Waals surface area contributed by atoms with Crippen LogP contribution in [0.1, 0.15) is 21.5 Å². The molecule has 0 spiro atoms. The van der Waals surface area contributed by atoms with Crippen LogP contribution in [-0.2, 0) is 4.79 Å². The molecule has 2 heterocycles. The van der Waals surface area contributed by atoms with E-state index in [1.54, 1.807) is 30.3 Å². The van der Waals surface area contributed by atoms with Crippen molar-refractivity contribution < 1.29 is 14.4 Å². The summed E-state index contributed by atoms with van der Waals surface area (Å²) in [6.07, 6.45) is 1.68. The maximum atomic E-state index is 12.7. The van der Waals surface area contributed by atoms with Gasteiger partial charge in [0.2, 0.25) is 0 Å². The molecule has 1 aromatic heterocycles. The molecule has 0 unspecified atom stereocenters. The first-order valence-electron chi connectivity index (χ1n) is 9.52. The van der Waals surface area contributed by atoms with Gasteiger partial charge in [-0.15, -0.1) is 0 Å². The van der Waals surface area contributed by atoms with Crippen molar-refractivity contribution in [2.24, 2.45) is 0 Å². The van der Waals surface area contributed by atoms with Crippen LogP contribution in [0.3, 0.4) is 0 Å². The Hall–Kier alpha value is -3.97. The molecular formula is C24H15N3O3S. The van der Waals surface area contributed by atoms with Crippen molar-refractivity contribution in [3.63, 3.8) is 0 Å². The number of nitrogens with zero attached hydrogens (tertiary/aromatic N) is 1. The van der Waals surface area contributed by atoms with Crippen LogP contribution in [0.5, 0.6) is 0 Å². The van der Waals surface area contributed by atoms with Crippen molar-refractivity contribution in [3.8, 4) is 11.4 Å². The number of carbonyl (C=O) groups is 3. The number of carbonyl (C=O) groups excluding carboxylic acids is 3. The number of thioether (sulfide) groups is 1. The summed E-state index contributed by atoms with van der Waals surface area (Å²) < 4.78 is 0. The highest BCUT2D eigenvalue weighted by Gasteiger charge is 2.24. The molecule has 0 atom stereocenters. The van der Waals surface area contributed by atoms with Gasteiger partial charge in [0.25, 0.3) is 11.1 Å². The molecule has 150 valence electrons. The highest BCUT2D eigenvalue weighted by atomic mass is 32.2. The van der Waals surface area contributed by atoms with Gasteiger partial charge < -0.3 is 4.98 Å². The number of aromatic nitrogens is 2. The lowest BCUT2D eigenvalue weighted by atomic mass is 10.0. The number of fused-ring (bicyclic) bond motifs is 1. The number of amides is 2. The van der Waals surface area contributed by atoms with E-state index < -0.39 is 0 Å². The quantitative estimate of drug-likeness (QED) is 0.362. The summed E-state index contributed by atoms with van der Waals surface area (Å²) in [5.41, 5.74) is 4.44. The minimum atomic E-state index is -0.378. The van der Waals surface area contributed by atoms with Crippen LogP contribution in [0.2, 0.25) is 0 Å². The molecular weight excluding hydrogens is 410 g/mol. The molecule has 2 N–H and O–H groups in total. The second-order valence-corrected chi connectivity index (χ2v) is 8.00. The number of benzene rings is 3. The molecule has 0 bridgehead atoms. The third-order valence-corrected chi connectivity index (χ3v) is 5.72. The summed E-state index contributed by atoms with van der Waals surface area (Å²) in [6, 6.07) is 22.1. The highest BCUT2D eigenvalue weighted by molar-refractivity contribution is 8.18. The van der Waals surface area contributed by atoms with E-state index in [2.05, 4.69) is 15.3 Å². The van der Waals surface area contributed by atoms with E-state index in [9.17, 15) is 14.4 Å². The van der Waals surface area contributed by atoms with Gasteiger partial charge in [-0.25, -0.2) is 4.98 Å². The van der Waals surface area contributed by atoms with Crippen molar-refractivity contribution in [2.75, 3.05) is 0 Å². The third-order valence-electron chi connectivity index (χ3n) is 4.91. The van der Waals surface area contributed by atoms with Gasteiger partial charge in [0, 0.05) is 16.7 Å². The van der Waals surface area contributed by atoms with Crippen LogP contribution < -0.4 is 5.32 Å². The number of ketones is 1. The number of hydrogen-bond acceptors (Lipinski definition) is 5. The van der Waals surface area contributed by atoms with Crippen LogP contribution in [0.15, 0.2) is 77.7 Å². The Labute approximate surface area is 181 Å². The molecule has 0 aliphatic carbocycles. The SMILES string of the molecule is O=C1NC(=O)/C(=C\c2ccc(-c3nc4cc(C(=O)c5ccccc5)ccc4[nH]3)cc2)S1. The first kappa shape index (κ1) is 19.0. The number of aromatic amines is 1. The molecule has 3 aromatic carbocycles. The predicted molar refractivity (Wildman–Crippen MR) is 121 cm³/mol. The van der Waals surface area contributed by atoms with Crippen LogP contribution in [0.25, 0.3) is 28.5 Å². The van der Waals surface area contributed by atoms with Crippen LogP contribution in [-0.4, -0.2) is 26.9 Å². The Morgan fingerprint density at radius 3 is 2.39 bits per heavy atom. The van der Waals surface area contributed by atoms with Gasteiger partial charge in [-0.1, -0.05) is 54.6 Å². The van der Waals surface area contributed by atoms with Gasteiger partial charge in [0.15, 0.2) is 5.78 Å². The van der Waals surface area contributed by atoms with Gasteiger partial charge in [0.05, 0.1) is 15.9 Å². The molecule has 2 amide bonds. The van der Waals surface area contributed by atoms with Gasteiger partial charge in [-0.2, -0.15) is 0 Å². The molecule has 1 fully saturated rings. The Balaban J connectivity index is 1.42. The lowest BCUT2D eigenvalue weighted by Crippen LogP contribution is -2.17. The zero-order valence-electron chi connectivity index (χ0n) is 16.1. The second kappa shape index (κ2) is 7.70. The van der Waals surface area contributed by atoms with Gasteiger partial charge in [0.1, 0.15) is 5.82 Å². The second-order valence-electron chi connectivity index (χ2n) is 6.99. The minimum Gasteiger partial charge on any atom is -0.338 e. The molecule has 7 heteroatoms. The van der Waals surface area contributed by atoms with Crippen molar-refractivity contribution in [1.82, 2.24) is 15.3 Å². The van der Waals surface area contributed by atoms with Gasteiger partial charge in [-0.05, 0) is 41.6 Å². The first-order chi connectivity index (χ1) is 15.1. The van der Waals surface area contributed by atoms with E-state index in [0.29, 0.717) is 27.4 Å². The summed E-state index contributed by atoms with van der Waals surface area (Å²) in [4.78, 5) is 43.9. The number of imidazole rings is 1. The first-order valence-corrected chi connectivity index (χ1v) is 10.3. The summed E-state index contributed by atoms with van der Waals surface area (Å²) in [6.45, 7) is 0. The van der Waals surface area contributed by atoms with Crippen molar-refractivity contribution in [1.29, 1.82) is 0 Å². The number of imide groups is 1. The molecule has 4 aromatic rings. The summed E-state index contributed by atoms with van der Waals surface area (Å²) in [7, 11) is 0. The number of hydrogen-bond donors (Lipinski definition) is 2. The van der Waals surface area contributed by atoms with E-state index in [1.165, 1.54) is 0 Å². The normalized spacial score (nSPS) is 14.9. The average molecular weight is 425 g/mol. The molecule has 5 rings (SSSR count). The lowest BCUT2D eigenvalue weighted by molar-refractivity contribution is -0.115. The maximum absolute atomic E-state index is 12.7. The Morgan fingerprint density at radius 1 is 0.903 bits per heavy atom. The largest absolute Gasteiger partial charge is 0.338 e. The Kier molecular flexibility index (Phi) is 4.72. The monoisotopic (exact) mass is 425 g/mol. The lowest BCUT2D eigenvalue weighted by Gasteiger charge is -2.00. The highest BCUT2D eigenvalue weighted by Crippen LogP contribution is 2.27. The molecule has 0 radical (unpaired) electrons. The van der Waals surface area contributed by atoms with E-state index in [1.807, 2.05) is 48.5 Å². The maximum Gasteiger partial charge on any atom is 0.290 e. The van der Waals surface area contributed by atoms with Crippen molar-refractivity contribution >= 4 is 45.8 Å². The minimum absolute atomic E-state index is 0.0447. The smallest absolute Gasteiger partial charge is 0.290 e. The zero-order valence-corrected chi connectivity index (χ0v) is 16.9. The number of H-pyrrole nitrogens is 1. The number of rotatable bonds is 4. The standard InChI is InChI=1S/C24H15N3O3S/c28-21(15-4-2-1-3-5-15)17-10-11-18-19(13-17)26-22(25-18)16-8-6-14(7-9-16)12-20-23(29)27-24(30)31-20/h1-13H,(H,25,26)(H,27,29,30)/b20-12+. The zero-order chi connectivity index (χ0) is 21.4. The van der Waals surface area contributed by atoms with Crippen molar-refractivity contribution in [3.05, 3.63) is 94.4 Å². The van der Waals surface area contributed by atoms with Crippen LogP contribution >= 0.6 is 11.8 Å². The topological polar surface area (TPSA) is 91.9 Å². The third kappa shape index (κ3) is 3.78. The average Bonchev–Trinajstić information content (AvgIpc) is 3.36. The molecule has 1 aliphatic rings.